The van der Waals surface area contributed by atoms with Crippen LogP contribution in [0, 0.1) is 0 Å². The highest BCUT2D eigenvalue weighted by Crippen LogP contribution is 2.22. The van der Waals surface area contributed by atoms with Crippen LogP contribution in [0.15, 0.2) is 78.0 Å². The second-order valence-corrected chi connectivity index (χ2v) is 7.24. The van der Waals surface area contributed by atoms with Crippen LogP contribution in [0.3, 0.4) is 0 Å². The summed E-state index contributed by atoms with van der Waals surface area (Å²) in [7, 11) is 3.41. The van der Waals surface area contributed by atoms with Gasteiger partial charge in [0.2, 0.25) is 5.88 Å². The van der Waals surface area contributed by atoms with Crippen LogP contribution >= 0.6 is 24.0 Å². The highest BCUT2D eigenvalue weighted by atomic mass is 127. The van der Waals surface area contributed by atoms with Crippen molar-refractivity contribution < 1.29 is 9.47 Å². The lowest BCUT2D eigenvalue weighted by Gasteiger charge is -2.12. The molecule has 0 unspecified atom stereocenters. The average molecular weight is 557 g/mol. The van der Waals surface area contributed by atoms with Gasteiger partial charge in [0.05, 0.1) is 7.11 Å². The summed E-state index contributed by atoms with van der Waals surface area (Å²) in [4.78, 5) is 12.0. The Morgan fingerprint density at radius 1 is 1.00 bits per heavy atom. The molecule has 7 nitrogen and oxygen atoms in total. The summed E-state index contributed by atoms with van der Waals surface area (Å²) in [5.41, 5.74) is 3.49. The van der Waals surface area contributed by atoms with Crippen molar-refractivity contribution in [3.8, 4) is 17.4 Å². The van der Waals surface area contributed by atoms with Crippen molar-refractivity contribution in [1.82, 2.24) is 20.6 Å². The molecule has 0 spiro atoms. The third-order valence-electron chi connectivity index (χ3n) is 5.12. The van der Waals surface area contributed by atoms with Crippen LogP contribution in [-0.4, -0.2) is 36.6 Å². The summed E-state index contributed by atoms with van der Waals surface area (Å²) in [6.07, 6.45) is 4.78. The smallest absolute Gasteiger partial charge is 0.219 e. The number of para-hydroxylation sites is 1. The van der Waals surface area contributed by atoms with E-state index >= 15 is 0 Å². The van der Waals surface area contributed by atoms with Gasteiger partial charge in [0.1, 0.15) is 11.5 Å². The molecule has 0 fully saturated rings. The Morgan fingerprint density at radius 3 is 2.52 bits per heavy atom. The number of pyridine rings is 1. The fraction of sp³-hybridized carbons (Fsp3) is 0.200. The Labute approximate surface area is 210 Å². The minimum absolute atomic E-state index is 0. The Hall–Kier alpha value is -3.27. The van der Waals surface area contributed by atoms with Crippen LogP contribution in [-0.2, 0) is 13.0 Å². The first-order valence-corrected chi connectivity index (χ1v) is 10.5. The molecule has 3 N–H and O–H groups in total. The van der Waals surface area contributed by atoms with Crippen LogP contribution in [0.1, 0.15) is 11.1 Å². The maximum Gasteiger partial charge on any atom is 0.219 e. The number of aromatic amines is 1. The van der Waals surface area contributed by atoms with Crippen molar-refractivity contribution in [2.45, 2.75) is 13.0 Å². The van der Waals surface area contributed by atoms with Crippen LogP contribution < -0.4 is 20.1 Å². The SMILES string of the molecule is CN=C(NCCc1c[nH]c2ccccc12)NCc1ccc(Oc2ccc(OC)cc2)nc1.I. The van der Waals surface area contributed by atoms with Crippen molar-refractivity contribution in [2.75, 3.05) is 20.7 Å². The van der Waals surface area contributed by atoms with Gasteiger partial charge in [0.15, 0.2) is 5.96 Å². The van der Waals surface area contributed by atoms with E-state index in [4.69, 9.17) is 9.47 Å². The van der Waals surface area contributed by atoms with Crippen LogP contribution in [0.5, 0.6) is 17.4 Å². The average Bonchev–Trinajstić information content (AvgIpc) is 3.26. The Kier molecular flexibility index (Phi) is 8.94. The molecule has 33 heavy (non-hydrogen) atoms. The maximum atomic E-state index is 5.77. The summed E-state index contributed by atoms with van der Waals surface area (Å²) >= 11 is 0. The van der Waals surface area contributed by atoms with Crippen LogP contribution in [0.2, 0.25) is 0 Å². The molecular weight excluding hydrogens is 529 g/mol. The summed E-state index contributed by atoms with van der Waals surface area (Å²) in [5.74, 6) is 2.79. The van der Waals surface area contributed by atoms with E-state index in [2.05, 4.69) is 50.0 Å². The largest absolute Gasteiger partial charge is 0.497 e. The van der Waals surface area contributed by atoms with Crippen molar-refractivity contribution >= 4 is 40.8 Å². The topological polar surface area (TPSA) is 83.6 Å². The fourth-order valence-electron chi connectivity index (χ4n) is 3.40. The Balaban J connectivity index is 0.00000306. The summed E-state index contributed by atoms with van der Waals surface area (Å²) in [5, 5.41) is 7.95. The molecule has 2 aromatic carbocycles. The minimum atomic E-state index is 0. The number of fused-ring (bicyclic) bond motifs is 1. The van der Waals surface area contributed by atoms with Gasteiger partial charge in [-0.3, -0.25) is 4.99 Å². The molecule has 4 rings (SSSR count). The lowest BCUT2D eigenvalue weighted by atomic mass is 10.1. The van der Waals surface area contributed by atoms with Gasteiger partial charge in [-0.2, -0.15) is 0 Å². The van der Waals surface area contributed by atoms with E-state index < -0.39 is 0 Å². The molecule has 0 bridgehead atoms. The number of H-pyrrole nitrogens is 1. The summed E-state index contributed by atoms with van der Waals surface area (Å²) in [6, 6.07) is 19.6. The van der Waals surface area contributed by atoms with Gasteiger partial charge in [0, 0.05) is 49.5 Å². The number of nitrogens with one attached hydrogen (secondary N) is 3. The van der Waals surface area contributed by atoms with Crippen molar-refractivity contribution in [2.24, 2.45) is 4.99 Å². The van der Waals surface area contributed by atoms with Gasteiger partial charge < -0.3 is 25.1 Å². The van der Waals surface area contributed by atoms with Gasteiger partial charge in [-0.15, -0.1) is 24.0 Å². The minimum Gasteiger partial charge on any atom is -0.497 e. The van der Waals surface area contributed by atoms with E-state index in [1.54, 1.807) is 20.4 Å². The molecule has 0 atom stereocenters. The van der Waals surface area contributed by atoms with E-state index in [1.807, 2.05) is 42.5 Å². The molecule has 0 aliphatic rings. The number of rotatable bonds is 8. The predicted octanol–water partition coefficient (Wildman–Crippen LogP) is 4.89. The predicted molar refractivity (Wildman–Crippen MR) is 143 cm³/mol. The maximum absolute atomic E-state index is 5.77. The molecule has 0 radical (unpaired) electrons. The standard InChI is InChI=1S/C25H27N5O2.HI/c1-26-25(27-14-13-19-17-28-23-6-4-3-5-22(19)23)30-16-18-7-12-24(29-15-18)32-21-10-8-20(31-2)9-11-21;/h3-12,15,17,28H,13-14,16H2,1-2H3,(H2,26,27,30);1H. The molecule has 2 aromatic heterocycles. The number of nitrogens with zero attached hydrogens (tertiary/aromatic N) is 2. The monoisotopic (exact) mass is 557 g/mol. The molecule has 0 aliphatic carbocycles. The molecule has 4 aromatic rings. The number of guanidine groups is 1. The summed E-state index contributed by atoms with van der Waals surface area (Å²) < 4.78 is 10.9. The number of benzene rings is 2. The second kappa shape index (κ2) is 12.1. The van der Waals surface area contributed by atoms with Gasteiger partial charge in [-0.25, -0.2) is 4.98 Å². The molecule has 0 saturated carbocycles. The van der Waals surface area contributed by atoms with Crippen molar-refractivity contribution in [3.05, 3.63) is 84.2 Å². The Bertz CT molecular complexity index is 1170. The normalized spacial score (nSPS) is 11.0. The lowest BCUT2D eigenvalue weighted by molar-refractivity contribution is 0.412. The first kappa shape index (κ1) is 24.4. The van der Waals surface area contributed by atoms with E-state index in [1.165, 1.54) is 10.9 Å². The van der Waals surface area contributed by atoms with Gasteiger partial charge in [0.25, 0.3) is 0 Å². The van der Waals surface area contributed by atoms with E-state index in [-0.39, 0.29) is 24.0 Å². The number of aromatic nitrogens is 2. The number of methoxy groups -OCH3 is 1. The van der Waals surface area contributed by atoms with Gasteiger partial charge in [-0.1, -0.05) is 24.3 Å². The third-order valence-corrected chi connectivity index (χ3v) is 5.12. The number of halogens is 1. The number of hydrogen-bond acceptors (Lipinski definition) is 4. The van der Waals surface area contributed by atoms with E-state index in [0.29, 0.717) is 18.2 Å². The highest BCUT2D eigenvalue weighted by Gasteiger charge is 2.05. The van der Waals surface area contributed by atoms with Crippen molar-refractivity contribution in [1.29, 1.82) is 0 Å². The Morgan fingerprint density at radius 2 is 1.79 bits per heavy atom. The zero-order chi connectivity index (χ0) is 22.2. The van der Waals surface area contributed by atoms with E-state index in [0.717, 1.165) is 35.8 Å². The lowest BCUT2D eigenvalue weighted by Crippen LogP contribution is -2.37. The van der Waals surface area contributed by atoms with Crippen molar-refractivity contribution in [3.63, 3.8) is 0 Å². The quantitative estimate of drug-likeness (QED) is 0.163. The van der Waals surface area contributed by atoms with Crippen LogP contribution in [0.25, 0.3) is 10.9 Å². The number of aliphatic imine (C=N–C) groups is 1. The molecular formula is C25H28IN5O2. The molecule has 8 heteroatoms. The second-order valence-electron chi connectivity index (χ2n) is 7.24. The zero-order valence-corrected chi connectivity index (χ0v) is 21.0. The third kappa shape index (κ3) is 6.61. The molecule has 0 amide bonds. The highest BCUT2D eigenvalue weighted by molar-refractivity contribution is 14.0. The van der Waals surface area contributed by atoms with Gasteiger partial charge >= 0.3 is 0 Å². The molecule has 172 valence electrons. The first-order chi connectivity index (χ1) is 15.7. The number of ether oxygens (including phenoxy) is 2. The van der Waals surface area contributed by atoms with Gasteiger partial charge in [-0.05, 0) is 47.9 Å². The van der Waals surface area contributed by atoms with E-state index in [9.17, 15) is 0 Å². The summed E-state index contributed by atoms with van der Waals surface area (Å²) in [6.45, 7) is 1.40. The molecule has 0 aliphatic heterocycles. The van der Waals surface area contributed by atoms with Crippen LogP contribution in [0.4, 0.5) is 0 Å². The first-order valence-electron chi connectivity index (χ1n) is 10.5. The fourth-order valence-corrected chi connectivity index (χ4v) is 3.40. The number of hydrogen-bond donors (Lipinski definition) is 3. The molecule has 2 heterocycles. The molecule has 0 saturated heterocycles. The zero-order valence-electron chi connectivity index (χ0n) is 18.7.